The van der Waals surface area contributed by atoms with Crippen molar-refractivity contribution >= 4 is 17.8 Å². The molecule has 1 aliphatic heterocycles. The number of amides is 2. The number of ether oxygens (including phenoxy) is 1. The SMILES string of the molecule is CC(C)OC(=O)C1=CC=C(C(CCC(C)(C)C)N2C(=O)C(=O)NC23CCC(C(C)C)CC3)CC1. The predicted octanol–water partition coefficient (Wildman–Crippen LogP) is 5.28. The van der Waals surface area contributed by atoms with Crippen molar-refractivity contribution in [3.05, 3.63) is 23.3 Å². The molecular weight excluding hydrogens is 428 g/mol. The Balaban J connectivity index is 1.92. The molecule has 1 N–H and O–H groups in total. The van der Waals surface area contributed by atoms with Crippen LogP contribution < -0.4 is 5.32 Å². The van der Waals surface area contributed by atoms with E-state index in [1.54, 1.807) is 0 Å². The highest BCUT2D eigenvalue weighted by Gasteiger charge is 2.54. The average Bonchev–Trinajstić information content (AvgIpc) is 2.97. The third-order valence-electron chi connectivity index (χ3n) is 7.71. The number of carbonyl (C=O) groups is 3. The number of allylic oxidation sites excluding steroid dienone is 2. The normalized spacial score (nSPS) is 26.6. The van der Waals surface area contributed by atoms with E-state index in [0.717, 1.165) is 44.1 Å². The smallest absolute Gasteiger partial charge is 0.334 e. The summed E-state index contributed by atoms with van der Waals surface area (Å²) in [5.74, 6) is 0.0766. The van der Waals surface area contributed by atoms with E-state index in [1.165, 1.54) is 0 Å². The van der Waals surface area contributed by atoms with Gasteiger partial charge in [0.2, 0.25) is 0 Å². The largest absolute Gasteiger partial charge is 0.460 e. The summed E-state index contributed by atoms with van der Waals surface area (Å²) >= 11 is 0. The van der Waals surface area contributed by atoms with Crippen LogP contribution >= 0.6 is 0 Å². The number of hydrogen-bond acceptors (Lipinski definition) is 4. The molecule has 2 fully saturated rings. The number of esters is 1. The van der Waals surface area contributed by atoms with Gasteiger partial charge in [-0.25, -0.2) is 4.79 Å². The Morgan fingerprint density at radius 1 is 1.12 bits per heavy atom. The molecule has 0 aromatic carbocycles. The summed E-state index contributed by atoms with van der Waals surface area (Å²) in [4.78, 5) is 40.3. The highest BCUT2D eigenvalue weighted by Crippen LogP contribution is 2.44. The molecule has 190 valence electrons. The summed E-state index contributed by atoms with van der Waals surface area (Å²) in [5.41, 5.74) is 1.31. The van der Waals surface area contributed by atoms with Crippen molar-refractivity contribution in [3.63, 3.8) is 0 Å². The maximum Gasteiger partial charge on any atom is 0.334 e. The predicted molar refractivity (Wildman–Crippen MR) is 134 cm³/mol. The molecule has 0 aromatic heterocycles. The van der Waals surface area contributed by atoms with E-state index in [9.17, 15) is 14.4 Å². The first-order valence-electron chi connectivity index (χ1n) is 13.1. The minimum Gasteiger partial charge on any atom is -0.460 e. The van der Waals surface area contributed by atoms with E-state index in [2.05, 4.69) is 39.9 Å². The van der Waals surface area contributed by atoms with Crippen molar-refractivity contribution < 1.29 is 19.1 Å². The second-order valence-electron chi connectivity index (χ2n) is 12.2. The molecule has 3 rings (SSSR count). The molecule has 6 heteroatoms. The zero-order valence-corrected chi connectivity index (χ0v) is 22.2. The second-order valence-corrected chi connectivity index (χ2v) is 12.2. The fourth-order valence-corrected chi connectivity index (χ4v) is 5.66. The molecule has 0 radical (unpaired) electrons. The highest BCUT2D eigenvalue weighted by atomic mass is 16.5. The number of nitrogens with one attached hydrogen (secondary N) is 1. The molecular formula is C28H44N2O4. The van der Waals surface area contributed by atoms with Crippen LogP contribution in [0.2, 0.25) is 0 Å². The van der Waals surface area contributed by atoms with E-state index in [4.69, 9.17) is 4.74 Å². The fraction of sp³-hybridized carbons (Fsp3) is 0.750. The summed E-state index contributed by atoms with van der Waals surface area (Å²) in [6.45, 7) is 14.8. The van der Waals surface area contributed by atoms with E-state index >= 15 is 0 Å². The zero-order valence-electron chi connectivity index (χ0n) is 22.2. The Bertz CT molecular complexity index is 854. The van der Waals surface area contributed by atoms with E-state index in [-0.39, 0.29) is 23.5 Å². The van der Waals surface area contributed by atoms with Crippen LogP contribution in [-0.2, 0) is 19.1 Å². The molecule has 2 aliphatic carbocycles. The van der Waals surface area contributed by atoms with Crippen molar-refractivity contribution in [2.24, 2.45) is 17.3 Å². The molecule has 1 unspecified atom stereocenters. The summed E-state index contributed by atoms with van der Waals surface area (Å²) < 4.78 is 5.37. The maximum absolute atomic E-state index is 13.3. The lowest BCUT2D eigenvalue weighted by atomic mass is 9.75. The topological polar surface area (TPSA) is 75.7 Å². The molecule has 3 aliphatic rings. The Labute approximate surface area is 205 Å². The molecule has 0 bridgehead atoms. The lowest BCUT2D eigenvalue weighted by molar-refractivity contribution is -0.143. The van der Waals surface area contributed by atoms with Crippen LogP contribution in [0.5, 0.6) is 0 Å². The first-order chi connectivity index (χ1) is 15.8. The Morgan fingerprint density at radius 2 is 1.76 bits per heavy atom. The Kier molecular flexibility index (Phi) is 7.99. The molecule has 6 nitrogen and oxygen atoms in total. The van der Waals surface area contributed by atoms with Crippen LogP contribution in [0.25, 0.3) is 0 Å². The lowest BCUT2D eigenvalue weighted by Crippen LogP contribution is -2.58. The van der Waals surface area contributed by atoms with Gasteiger partial charge >= 0.3 is 17.8 Å². The first kappa shape index (κ1) is 26.5. The van der Waals surface area contributed by atoms with Gasteiger partial charge in [-0.3, -0.25) is 9.59 Å². The molecule has 1 heterocycles. The molecule has 1 saturated heterocycles. The van der Waals surface area contributed by atoms with Crippen molar-refractivity contribution in [1.82, 2.24) is 10.2 Å². The third kappa shape index (κ3) is 5.92. The molecule has 34 heavy (non-hydrogen) atoms. The van der Waals surface area contributed by atoms with Crippen LogP contribution in [0.4, 0.5) is 0 Å². The van der Waals surface area contributed by atoms with E-state index < -0.39 is 17.5 Å². The van der Waals surface area contributed by atoms with Gasteiger partial charge < -0.3 is 15.0 Å². The van der Waals surface area contributed by atoms with Crippen molar-refractivity contribution in [1.29, 1.82) is 0 Å². The van der Waals surface area contributed by atoms with Gasteiger partial charge in [0.25, 0.3) is 0 Å². The lowest BCUT2D eigenvalue weighted by Gasteiger charge is -2.47. The van der Waals surface area contributed by atoms with Gasteiger partial charge in [-0.05, 0) is 88.0 Å². The quantitative estimate of drug-likeness (QED) is 0.404. The number of hydrogen-bond donors (Lipinski definition) is 1. The van der Waals surface area contributed by atoms with Crippen LogP contribution in [-0.4, -0.2) is 40.5 Å². The average molecular weight is 473 g/mol. The maximum atomic E-state index is 13.3. The minimum absolute atomic E-state index is 0.109. The van der Waals surface area contributed by atoms with Gasteiger partial charge in [-0.2, -0.15) is 0 Å². The number of rotatable bonds is 7. The van der Waals surface area contributed by atoms with Crippen LogP contribution in [0.3, 0.4) is 0 Å². The van der Waals surface area contributed by atoms with Gasteiger partial charge in [-0.1, -0.05) is 46.8 Å². The first-order valence-corrected chi connectivity index (χ1v) is 13.1. The van der Waals surface area contributed by atoms with Crippen molar-refractivity contribution in [2.45, 2.75) is 118 Å². The Morgan fingerprint density at radius 3 is 2.26 bits per heavy atom. The monoisotopic (exact) mass is 472 g/mol. The second kappa shape index (κ2) is 10.2. The standard InChI is InChI=1S/C28H44N2O4/c1-18(2)20-12-16-28(17-13-20)29-24(31)25(32)30(28)23(14-15-27(5,6)7)21-8-10-22(11-9-21)26(33)34-19(3)4/h8,10,18-20,23H,9,11-17H2,1-7H3,(H,29,31). The van der Waals surface area contributed by atoms with Gasteiger partial charge in [0, 0.05) is 5.57 Å². The molecule has 1 saturated carbocycles. The number of nitrogens with zero attached hydrogens (tertiary/aromatic N) is 1. The van der Waals surface area contributed by atoms with Crippen molar-refractivity contribution in [2.75, 3.05) is 0 Å². The van der Waals surface area contributed by atoms with Crippen molar-refractivity contribution in [3.8, 4) is 0 Å². The summed E-state index contributed by atoms with van der Waals surface area (Å²) in [5, 5.41) is 3.11. The molecule has 2 amide bonds. The minimum atomic E-state index is -0.594. The summed E-state index contributed by atoms with van der Waals surface area (Å²) in [6, 6.07) is -0.153. The molecule has 1 atom stereocenters. The number of carbonyl (C=O) groups excluding carboxylic acids is 3. The molecule has 0 aromatic rings. The van der Waals surface area contributed by atoms with E-state index in [0.29, 0.717) is 30.3 Å². The van der Waals surface area contributed by atoms with Gasteiger partial charge in [0.1, 0.15) is 5.66 Å². The molecule has 1 spiro atoms. The van der Waals surface area contributed by atoms with Gasteiger partial charge in [0.05, 0.1) is 12.1 Å². The van der Waals surface area contributed by atoms with Gasteiger partial charge in [0.15, 0.2) is 0 Å². The zero-order chi connectivity index (χ0) is 25.3. The van der Waals surface area contributed by atoms with Crippen LogP contribution in [0.15, 0.2) is 23.3 Å². The summed E-state index contributed by atoms with van der Waals surface area (Å²) in [6.07, 6.45) is 10.3. The van der Waals surface area contributed by atoms with Gasteiger partial charge in [-0.15, -0.1) is 0 Å². The fourth-order valence-electron chi connectivity index (χ4n) is 5.66. The summed E-state index contributed by atoms with van der Waals surface area (Å²) in [7, 11) is 0. The van der Waals surface area contributed by atoms with Crippen LogP contribution in [0.1, 0.15) is 99.8 Å². The third-order valence-corrected chi connectivity index (χ3v) is 7.71. The van der Waals surface area contributed by atoms with Crippen LogP contribution in [0, 0.1) is 17.3 Å². The van der Waals surface area contributed by atoms with E-state index in [1.807, 2.05) is 30.9 Å². The highest BCUT2D eigenvalue weighted by molar-refractivity contribution is 6.37. The Hall–Kier alpha value is -2.11.